The van der Waals surface area contributed by atoms with Crippen LogP contribution >= 0.6 is 12.4 Å². The third-order valence-corrected chi connectivity index (χ3v) is 8.15. The summed E-state index contributed by atoms with van der Waals surface area (Å²) in [5, 5.41) is 15.3. The van der Waals surface area contributed by atoms with Crippen LogP contribution in [0.3, 0.4) is 0 Å². The Hall–Kier alpha value is -4.16. The topological polar surface area (TPSA) is 135 Å². The molecule has 48 heavy (non-hydrogen) atoms. The summed E-state index contributed by atoms with van der Waals surface area (Å²) in [5.74, 6) is -0.256. The van der Waals surface area contributed by atoms with Crippen molar-refractivity contribution in [2.45, 2.75) is 71.0 Å². The summed E-state index contributed by atoms with van der Waals surface area (Å²) in [6, 6.07) is 14.8. The second kappa shape index (κ2) is 19.0. The van der Waals surface area contributed by atoms with Gasteiger partial charge >= 0.3 is 11.9 Å². The van der Waals surface area contributed by atoms with E-state index in [2.05, 4.69) is 20.6 Å². The van der Waals surface area contributed by atoms with Crippen LogP contribution in [0.5, 0.6) is 11.5 Å². The molecule has 2 aliphatic heterocycles. The molecule has 2 saturated heterocycles. The summed E-state index contributed by atoms with van der Waals surface area (Å²) >= 11 is 0. The number of ether oxygens (including phenoxy) is 3. The van der Waals surface area contributed by atoms with E-state index in [1.165, 1.54) is 6.33 Å². The molecule has 3 aromatic rings. The minimum absolute atomic E-state index is 0. The number of halogens is 2. The molecule has 0 amide bonds. The summed E-state index contributed by atoms with van der Waals surface area (Å²) in [5.41, 5.74) is 1.68. The zero-order valence-electron chi connectivity index (χ0n) is 28.0. The molecule has 1 aromatic heterocycles. The van der Waals surface area contributed by atoms with Gasteiger partial charge in [0, 0.05) is 26.1 Å². The van der Waals surface area contributed by atoms with E-state index in [4.69, 9.17) is 19.3 Å². The molecule has 2 fully saturated rings. The first-order valence-corrected chi connectivity index (χ1v) is 16.3. The van der Waals surface area contributed by atoms with Gasteiger partial charge in [0.2, 0.25) is 5.82 Å². The number of carboxylic acid groups (broad SMARTS) is 1. The van der Waals surface area contributed by atoms with Crippen LogP contribution in [0.25, 0.3) is 0 Å². The zero-order valence-corrected chi connectivity index (χ0v) is 28.8. The van der Waals surface area contributed by atoms with Gasteiger partial charge in [0.05, 0.1) is 25.0 Å². The normalized spacial score (nSPS) is 18.1. The monoisotopic (exact) mass is 687 g/mol. The quantitative estimate of drug-likeness (QED) is 0.188. The van der Waals surface area contributed by atoms with Gasteiger partial charge in [-0.05, 0) is 75.5 Å². The number of aliphatic carboxylic acids is 1. The Bertz CT molecular complexity index is 1440. The standard InChI is InChI=1S/C20H25FN4O3.C15H21NO3.ClH/c1-3-9-22-18-17(21)19(24-12-23-18)25-10-8-16(11-25)28-15-6-4-14(5-7-15)13(2)20(26)27;1-3-18-15(17)11(2)12-4-6-13(7-5-12)19-14-8-9-16-10-14;/h4-7,12-13,16H,3,8-11H2,1-2H3,(H,26,27)(H,22,23,24);4-7,11,14,16H,3,8-10H2,1-2H3;1H/t13?,16-;11?,14-;/m11./s1. The molecule has 0 saturated carbocycles. The average molecular weight is 688 g/mol. The first-order valence-electron chi connectivity index (χ1n) is 16.3. The molecular weight excluding hydrogens is 641 g/mol. The molecule has 13 heteroatoms. The summed E-state index contributed by atoms with van der Waals surface area (Å²) in [6.45, 7) is 11.5. The first-order chi connectivity index (χ1) is 22.7. The minimum Gasteiger partial charge on any atom is -0.489 e. The Labute approximate surface area is 288 Å². The Morgan fingerprint density at radius 2 is 1.60 bits per heavy atom. The predicted molar refractivity (Wildman–Crippen MR) is 185 cm³/mol. The van der Waals surface area contributed by atoms with Crippen molar-refractivity contribution in [3.05, 3.63) is 71.8 Å². The van der Waals surface area contributed by atoms with Crippen molar-refractivity contribution in [1.29, 1.82) is 0 Å². The van der Waals surface area contributed by atoms with E-state index in [-0.39, 0.29) is 48.1 Å². The molecule has 4 atom stereocenters. The maximum atomic E-state index is 14.7. The highest BCUT2D eigenvalue weighted by molar-refractivity contribution is 5.85. The van der Waals surface area contributed by atoms with Crippen LogP contribution in [0.1, 0.15) is 69.9 Å². The van der Waals surface area contributed by atoms with E-state index in [1.807, 2.05) is 49.9 Å². The third-order valence-electron chi connectivity index (χ3n) is 8.15. The van der Waals surface area contributed by atoms with Gasteiger partial charge in [-0.2, -0.15) is 4.39 Å². The molecule has 5 rings (SSSR count). The molecule has 3 heterocycles. The molecule has 3 N–H and O–H groups in total. The van der Waals surface area contributed by atoms with E-state index < -0.39 is 17.7 Å². The maximum absolute atomic E-state index is 14.7. The largest absolute Gasteiger partial charge is 0.489 e. The number of anilines is 2. The smallest absolute Gasteiger partial charge is 0.313 e. The third kappa shape index (κ3) is 10.7. The molecule has 0 bridgehead atoms. The number of aromatic nitrogens is 2. The average Bonchev–Trinajstić information content (AvgIpc) is 3.77. The summed E-state index contributed by atoms with van der Waals surface area (Å²) < 4.78 is 31.5. The van der Waals surface area contributed by atoms with Crippen molar-refractivity contribution in [3.8, 4) is 11.5 Å². The Morgan fingerprint density at radius 1 is 0.979 bits per heavy atom. The second-order valence-corrected chi connectivity index (χ2v) is 11.7. The van der Waals surface area contributed by atoms with Crippen LogP contribution < -0.4 is 25.0 Å². The van der Waals surface area contributed by atoms with E-state index in [1.54, 1.807) is 31.2 Å². The number of hydrogen-bond acceptors (Lipinski definition) is 10. The van der Waals surface area contributed by atoms with Gasteiger partial charge in [-0.1, -0.05) is 31.2 Å². The van der Waals surface area contributed by atoms with Gasteiger partial charge < -0.3 is 34.9 Å². The van der Waals surface area contributed by atoms with Gasteiger partial charge in [-0.25, -0.2) is 9.97 Å². The van der Waals surface area contributed by atoms with E-state index in [9.17, 15) is 14.0 Å². The Balaban J connectivity index is 0.000000274. The molecule has 2 aromatic carbocycles. The lowest BCUT2D eigenvalue weighted by atomic mass is 10.0. The van der Waals surface area contributed by atoms with E-state index in [0.717, 1.165) is 49.2 Å². The summed E-state index contributed by atoms with van der Waals surface area (Å²) in [4.78, 5) is 32.6. The summed E-state index contributed by atoms with van der Waals surface area (Å²) in [6.07, 6.45) is 4.20. The van der Waals surface area contributed by atoms with Crippen LogP contribution in [0.15, 0.2) is 54.9 Å². The number of esters is 1. The molecule has 0 aliphatic carbocycles. The number of carbonyl (C=O) groups excluding carboxylic acids is 1. The molecule has 0 radical (unpaired) electrons. The number of benzene rings is 2. The second-order valence-electron chi connectivity index (χ2n) is 11.7. The molecule has 0 spiro atoms. The van der Waals surface area contributed by atoms with Crippen LogP contribution in [-0.2, 0) is 14.3 Å². The Morgan fingerprint density at radius 3 is 2.17 bits per heavy atom. The Kier molecular flexibility index (Phi) is 15.1. The SMILES string of the molecule is CCCNc1ncnc(N2CC[C@@H](Oc3ccc(C(C)C(=O)O)cc3)C2)c1F.CCOC(=O)C(C)c1ccc(O[C@@H]2CCNC2)cc1.Cl. The molecule has 11 nitrogen and oxygen atoms in total. The van der Waals surface area contributed by atoms with Crippen LogP contribution in [0.4, 0.5) is 16.0 Å². The highest BCUT2D eigenvalue weighted by atomic mass is 35.5. The number of rotatable bonds is 13. The van der Waals surface area contributed by atoms with Gasteiger partial charge in [0.15, 0.2) is 11.6 Å². The van der Waals surface area contributed by atoms with Crippen molar-refractivity contribution in [2.24, 2.45) is 0 Å². The van der Waals surface area contributed by atoms with Crippen molar-refractivity contribution in [2.75, 3.05) is 49.5 Å². The van der Waals surface area contributed by atoms with Crippen molar-refractivity contribution >= 4 is 36.0 Å². The lowest BCUT2D eigenvalue weighted by molar-refractivity contribution is -0.144. The number of nitrogens with zero attached hydrogens (tertiary/aromatic N) is 3. The number of hydrogen-bond donors (Lipinski definition) is 3. The van der Waals surface area contributed by atoms with E-state index in [0.29, 0.717) is 32.0 Å². The fourth-order valence-corrected chi connectivity index (χ4v) is 5.29. The summed E-state index contributed by atoms with van der Waals surface area (Å²) in [7, 11) is 0. The maximum Gasteiger partial charge on any atom is 0.313 e. The lowest BCUT2D eigenvalue weighted by Crippen LogP contribution is -2.26. The molecule has 2 unspecified atom stereocenters. The fraction of sp³-hybridized carbons (Fsp3) is 0.486. The molecule has 262 valence electrons. The number of carboxylic acids is 1. The van der Waals surface area contributed by atoms with Crippen molar-refractivity contribution < 1.29 is 33.3 Å². The zero-order chi connectivity index (χ0) is 33.8. The number of carbonyl (C=O) groups is 2. The lowest BCUT2D eigenvalue weighted by Gasteiger charge is -2.19. The van der Waals surface area contributed by atoms with E-state index >= 15 is 0 Å². The number of nitrogens with one attached hydrogen (secondary N) is 2. The van der Waals surface area contributed by atoms with Gasteiger partial charge in [-0.15, -0.1) is 12.4 Å². The predicted octanol–water partition coefficient (Wildman–Crippen LogP) is 5.80. The molecule has 2 aliphatic rings. The van der Waals surface area contributed by atoms with Crippen LogP contribution in [0.2, 0.25) is 0 Å². The van der Waals surface area contributed by atoms with Gasteiger partial charge in [-0.3, -0.25) is 9.59 Å². The minimum atomic E-state index is -0.861. The van der Waals surface area contributed by atoms with Crippen molar-refractivity contribution in [1.82, 2.24) is 15.3 Å². The van der Waals surface area contributed by atoms with Crippen LogP contribution in [0, 0.1) is 5.82 Å². The highest BCUT2D eigenvalue weighted by Crippen LogP contribution is 2.28. The van der Waals surface area contributed by atoms with Crippen molar-refractivity contribution in [3.63, 3.8) is 0 Å². The van der Waals surface area contributed by atoms with Gasteiger partial charge in [0.25, 0.3) is 0 Å². The fourth-order valence-electron chi connectivity index (χ4n) is 5.29. The van der Waals surface area contributed by atoms with Crippen LogP contribution in [-0.4, -0.2) is 78.6 Å². The highest BCUT2D eigenvalue weighted by Gasteiger charge is 2.28. The molecular formula is C35H47ClFN5O6. The first kappa shape index (κ1) is 38.3. The van der Waals surface area contributed by atoms with Gasteiger partial charge in [0.1, 0.15) is 30.0 Å².